The number of anilines is 1. The van der Waals surface area contributed by atoms with Crippen molar-refractivity contribution in [2.75, 3.05) is 12.0 Å². The van der Waals surface area contributed by atoms with E-state index in [2.05, 4.69) is 20.9 Å². The van der Waals surface area contributed by atoms with Crippen LogP contribution in [0.5, 0.6) is 5.75 Å². The molecule has 1 fully saturated rings. The Balaban J connectivity index is 1.92. The van der Waals surface area contributed by atoms with Crippen molar-refractivity contribution in [3.63, 3.8) is 0 Å². The Kier molecular flexibility index (Phi) is 5.37. The molecular weight excluding hydrogens is 448 g/mol. The van der Waals surface area contributed by atoms with E-state index in [1.54, 1.807) is 74.0 Å². The molecule has 1 aliphatic heterocycles. The molecule has 0 aliphatic carbocycles. The lowest BCUT2D eigenvalue weighted by Crippen LogP contribution is -2.29. The van der Waals surface area contributed by atoms with E-state index in [0.717, 1.165) is 4.47 Å². The molecule has 0 radical (unpaired) electrons. The van der Waals surface area contributed by atoms with E-state index < -0.39 is 17.7 Å². The summed E-state index contributed by atoms with van der Waals surface area (Å²) in [6.45, 7) is 0. The molecule has 4 rings (SSSR count). The number of Topliss-reactive ketones (excluding diaryl/α,β-unsaturated/α-hetero) is 1. The molecule has 1 unspecified atom stereocenters. The fourth-order valence-corrected chi connectivity index (χ4v) is 3.72. The van der Waals surface area contributed by atoms with E-state index >= 15 is 0 Å². The highest BCUT2D eigenvalue weighted by Gasteiger charge is 2.47. The van der Waals surface area contributed by atoms with Gasteiger partial charge in [0, 0.05) is 16.2 Å². The monoisotopic (exact) mass is 464 g/mol. The van der Waals surface area contributed by atoms with Crippen molar-refractivity contribution in [3.05, 3.63) is 94.2 Å². The van der Waals surface area contributed by atoms with Crippen LogP contribution < -0.4 is 9.64 Å². The van der Waals surface area contributed by atoms with Crippen LogP contribution in [0.15, 0.2) is 83.1 Å². The van der Waals surface area contributed by atoms with Crippen LogP contribution in [0.4, 0.5) is 5.69 Å². The maximum absolute atomic E-state index is 13.0. The number of carbonyl (C=O) groups excluding carboxylic acids is 2. The van der Waals surface area contributed by atoms with Crippen molar-refractivity contribution >= 4 is 39.1 Å². The fraction of sp³-hybridized carbons (Fsp3) is 0.0870. The second-order valence-electron chi connectivity index (χ2n) is 6.66. The van der Waals surface area contributed by atoms with Gasteiger partial charge in [-0.25, -0.2) is 0 Å². The third-order valence-electron chi connectivity index (χ3n) is 4.92. The van der Waals surface area contributed by atoms with Crippen LogP contribution in [-0.4, -0.2) is 28.9 Å². The van der Waals surface area contributed by atoms with Crippen molar-refractivity contribution in [2.45, 2.75) is 6.04 Å². The number of ketones is 1. The summed E-state index contributed by atoms with van der Waals surface area (Å²) in [6.07, 6.45) is 3.10. The number of ether oxygens (including phenoxy) is 1. The van der Waals surface area contributed by atoms with E-state index in [9.17, 15) is 14.7 Å². The van der Waals surface area contributed by atoms with Crippen molar-refractivity contribution in [2.24, 2.45) is 0 Å². The number of halogens is 1. The summed E-state index contributed by atoms with van der Waals surface area (Å²) in [7, 11) is 1.56. The summed E-state index contributed by atoms with van der Waals surface area (Å²) in [4.78, 5) is 31.4. The summed E-state index contributed by atoms with van der Waals surface area (Å²) in [5.74, 6) is -1.05. The molecule has 3 aromatic rings. The quantitative estimate of drug-likeness (QED) is 0.349. The average molecular weight is 465 g/mol. The van der Waals surface area contributed by atoms with Crippen LogP contribution in [0.1, 0.15) is 17.2 Å². The molecule has 150 valence electrons. The lowest BCUT2D eigenvalue weighted by molar-refractivity contribution is -0.132. The number of aliphatic hydroxyl groups excluding tert-OH is 1. The highest BCUT2D eigenvalue weighted by atomic mass is 79.9. The minimum absolute atomic E-state index is 0.0244. The summed E-state index contributed by atoms with van der Waals surface area (Å²) >= 11 is 3.36. The van der Waals surface area contributed by atoms with Gasteiger partial charge >= 0.3 is 0 Å². The predicted octanol–water partition coefficient (Wildman–Crippen LogP) is 4.48. The number of methoxy groups -OCH3 is 1. The number of amides is 1. The van der Waals surface area contributed by atoms with Crippen LogP contribution in [0.3, 0.4) is 0 Å². The minimum Gasteiger partial charge on any atom is -0.507 e. The van der Waals surface area contributed by atoms with Crippen LogP contribution in [0.25, 0.3) is 5.76 Å². The molecule has 1 atom stereocenters. The SMILES string of the molecule is COc1ccc(C2/C(=C(/O)c3ccc(Br)cc3)C(=O)C(=O)N2c2cccnc2)cc1. The normalized spacial score (nSPS) is 17.9. The van der Waals surface area contributed by atoms with Gasteiger partial charge in [-0.15, -0.1) is 0 Å². The molecular formula is C23H17BrN2O4. The third kappa shape index (κ3) is 3.48. The van der Waals surface area contributed by atoms with Crippen molar-refractivity contribution in [1.82, 2.24) is 4.98 Å². The zero-order valence-electron chi connectivity index (χ0n) is 15.9. The maximum atomic E-state index is 13.0. The predicted molar refractivity (Wildman–Crippen MR) is 116 cm³/mol. The largest absolute Gasteiger partial charge is 0.507 e. The standard InChI is InChI=1S/C23H17BrN2O4/c1-30-18-10-6-14(7-11-18)20-19(21(27)15-4-8-16(24)9-5-15)22(28)23(29)26(20)17-3-2-12-25-13-17/h2-13,20,27H,1H3/b21-19-. The number of pyridine rings is 1. The van der Waals surface area contributed by atoms with Gasteiger partial charge in [0.1, 0.15) is 11.5 Å². The molecule has 0 saturated carbocycles. The number of benzene rings is 2. The molecule has 7 heteroatoms. The summed E-state index contributed by atoms with van der Waals surface area (Å²) in [5, 5.41) is 11.0. The first-order valence-corrected chi connectivity index (χ1v) is 9.91. The molecule has 1 N–H and O–H groups in total. The Morgan fingerprint density at radius 1 is 1.07 bits per heavy atom. The second kappa shape index (κ2) is 8.12. The molecule has 1 amide bonds. The smallest absolute Gasteiger partial charge is 0.300 e. The Bertz CT molecular complexity index is 1130. The molecule has 6 nitrogen and oxygen atoms in total. The highest BCUT2D eigenvalue weighted by Crippen LogP contribution is 2.42. The number of nitrogens with zero attached hydrogens (tertiary/aromatic N) is 2. The Morgan fingerprint density at radius 3 is 2.37 bits per heavy atom. The van der Waals surface area contributed by atoms with Crippen molar-refractivity contribution in [3.8, 4) is 5.75 Å². The van der Waals surface area contributed by atoms with Gasteiger partial charge in [-0.1, -0.05) is 40.2 Å². The zero-order chi connectivity index (χ0) is 21.3. The van der Waals surface area contributed by atoms with Gasteiger partial charge in [-0.3, -0.25) is 19.5 Å². The second-order valence-corrected chi connectivity index (χ2v) is 7.58. The minimum atomic E-state index is -0.802. The van der Waals surface area contributed by atoms with Gasteiger partial charge in [0.2, 0.25) is 0 Å². The summed E-state index contributed by atoms with van der Waals surface area (Å²) in [5.41, 5.74) is 1.60. The van der Waals surface area contributed by atoms with Gasteiger partial charge in [-0.2, -0.15) is 0 Å². The molecule has 1 saturated heterocycles. The van der Waals surface area contributed by atoms with Gasteiger partial charge < -0.3 is 9.84 Å². The zero-order valence-corrected chi connectivity index (χ0v) is 17.5. The van der Waals surface area contributed by atoms with Crippen LogP contribution in [-0.2, 0) is 9.59 Å². The molecule has 0 bridgehead atoms. The first kappa shape index (κ1) is 19.8. The van der Waals surface area contributed by atoms with E-state index in [0.29, 0.717) is 22.6 Å². The molecule has 0 spiro atoms. The number of aliphatic hydroxyl groups is 1. The number of carbonyl (C=O) groups is 2. The van der Waals surface area contributed by atoms with Crippen LogP contribution in [0, 0.1) is 0 Å². The molecule has 30 heavy (non-hydrogen) atoms. The van der Waals surface area contributed by atoms with E-state index in [1.807, 2.05) is 0 Å². The van der Waals surface area contributed by atoms with Gasteiger partial charge in [-0.05, 0) is 42.0 Å². The average Bonchev–Trinajstić information content (AvgIpc) is 3.05. The van der Waals surface area contributed by atoms with E-state index in [-0.39, 0.29) is 11.3 Å². The number of aromatic nitrogens is 1. The van der Waals surface area contributed by atoms with Gasteiger partial charge in [0.15, 0.2) is 0 Å². The summed E-state index contributed by atoms with van der Waals surface area (Å²) in [6, 6.07) is 16.5. The maximum Gasteiger partial charge on any atom is 0.300 e. The number of hydrogen-bond donors (Lipinski definition) is 1. The van der Waals surface area contributed by atoms with E-state index in [4.69, 9.17) is 4.74 Å². The number of hydrogen-bond acceptors (Lipinski definition) is 5. The Morgan fingerprint density at radius 2 is 1.77 bits per heavy atom. The molecule has 1 aliphatic rings. The van der Waals surface area contributed by atoms with Crippen molar-refractivity contribution in [1.29, 1.82) is 0 Å². The molecule has 2 aromatic carbocycles. The lowest BCUT2D eigenvalue weighted by atomic mass is 9.95. The van der Waals surface area contributed by atoms with Crippen LogP contribution in [0.2, 0.25) is 0 Å². The number of rotatable bonds is 4. The first-order chi connectivity index (χ1) is 14.5. The molecule has 1 aromatic heterocycles. The van der Waals surface area contributed by atoms with E-state index in [1.165, 1.54) is 11.1 Å². The van der Waals surface area contributed by atoms with Gasteiger partial charge in [0.05, 0.1) is 30.6 Å². The Labute approximate surface area is 181 Å². The molecule has 2 heterocycles. The first-order valence-electron chi connectivity index (χ1n) is 9.12. The summed E-state index contributed by atoms with van der Waals surface area (Å²) < 4.78 is 6.05. The topological polar surface area (TPSA) is 79.7 Å². The van der Waals surface area contributed by atoms with Gasteiger partial charge in [0.25, 0.3) is 11.7 Å². The van der Waals surface area contributed by atoms with Crippen molar-refractivity contribution < 1.29 is 19.4 Å². The lowest BCUT2D eigenvalue weighted by Gasteiger charge is -2.25. The third-order valence-corrected chi connectivity index (χ3v) is 5.45. The van der Waals surface area contributed by atoms with Crippen LogP contribution >= 0.6 is 15.9 Å². The highest BCUT2D eigenvalue weighted by molar-refractivity contribution is 9.10. The fourth-order valence-electron chi connectivity index (χ4n) is 3.46. The Hall–Kier alpha value is -3.45.